The Kier molecular flexibility index (Phi) is 4.24. The van der Waals surface area contributed by atoms with Gasteiger partial charge in [-0.2, -0.15) is 25.3 Å². The highest BCUT2D eigenvalue weighted by Gasteiger charge is 2.21. The van der Waals surface area contributed by atoms with Crippen molar-refractivity contribution in [3.63, 3.8) is 0 Å². The van der Waals surface area contributed by atoms with E-state index < -0.39 is 4.08 Å². The summed E-state index contributed by atoms with van der Waals surface area (Å²) < 4.78 is 1.36. The van der Waals surface area contributed by atoms with Gasteiger partial charge in [0.1, 0.15) is 0 Å². The molecule has 0 atom stereocenters. The zero-order valence-electron chi connectivity index (χ0n) is 14.4. The predicted octanol–water partition coefficient (Wildman–Crippen LogP) is 3.50. The minimum Gasteiger partial charge on any atom is -0.356 e. The number of hydrogen-bond acceptors (Lipinski definition) is 7. The molecule has 0 radical (unpaired) electrons. The monoisotopic (exact) mass is 382 g/mol. The fourth-order valence-corrected chi connectivity index (χ4v) is 3.31. The second-order valence-electron chi connectivity index (χ2n) is 6.31. The third kappa shape index (κ3) is 3.22. The molecule has 0 aliphatic carbocycles. The van der Waals surface area contributed by atoms with Crippen molar-refractivity contribution in [2.45, 2.75) is 17.4 Å². The van der Waals surface area contributed by atoms with Crippen molar-refractivity contribution < 1.29 is 0 Å². The van der Waals surface area contributed by atoms with Gasteiger partial charge in [-0.25, -0.2) is 9.50 Å². The van der Waals surface area contributed by atoms with E-state index in [2.05, 4.69) is 50.6 Å². The summed E-state index contributed by atoms with van der Waals surface area (Å²) >= 11 is 9.12. The molecule has 1 aromatic carbocycles. The highest BCUT2D eigenvalue weighted by Crippen LogP contribution is 2.32. The number of hydrogen-bond donors (Lipinski definition) is 3. The van der Waals surface area contributed by atoms with Crippen LogP contribution in [0, 0.1) is 0 Å². The molecule has 0 amide bonds. The average molecular weight is 383 g/mol. The van der Waals surface area contributed by atoms with Crippen molar-refractivity contribution >= 4 is 47.8 Å². The van der Waals surface area contributed by atoms with E-state index >= 15 is 0 Å². The molecule has 0 aliphatic heterocycles. The summed E-state index contributed by atoms with van der Waals surface area (Å²) in [6.45, 7) is 1.95. The van der Waals surface area contributed by atoms with Gasteiger partial charge in [-0.05, 0) is 30.7 Å². The van der Waals surface area contributed by atoms with Crippen LogP contribution in [0.5, 0.6) is 0 Å². The largest absolute Gasteiger partial charge is 0.356 e. The number of nitrogens with one attached hydrogen (secondary N) is 1. The average Bonchev–Trinajstić information content (AvgIpc) is 3.04. The Morgan fingerprint density at radius 2 is 1.88 bits per heavy atom. The van der Waals surface area contributed by atoms with Gasteiger partial charge >= 0.3 is 0 Å². The van der Waals surface area contributed by atoms with Gasteiger partial charge in [0, 0.05) is 37.6 Å². The van der Waals surface area contributed by atoms with Crippen molar-refractivity contribution in [1.82, 2.24) is 24.6 Å². The second-order valence-corrected chi connectivity index (χ2v) is 8.64. The lowest BCUT2D eigenvalue weighted by molar-refractivity contribution is 0.821. The van der Waals surface area contributed by atoms with Gasteiger partial charge in [0.05, 0.1) is 26.3 Å². The zero-order chi connectivity index (χ0) is 18.3. The number of nitrogens with zero attached hydrogens (tertiary/aromatic N) is 5. The van der Waals surface area contributed by atoms with Gasteiger partial charge in [0.2, 0.25) is 5.95 Å². The molecule has 0 unspecified atom stereocenters. The molecule has 4 rings (SSSR count). The summed E-state index contributed by atoms with van der Waals surface area (Å²) in [6.07, 6.45) is 5.92. The van der Waals surface area contributed by atoms with E-state index in [1.165, 1.54) is 0 Å². The van der Waals surface area contributed by atoms with Crippen molar-refractivity contribution in [2.24, 2.45) is 0 Å². The topological polar surface area (TPSA) is 68.0 Å². The third-order valence-electron chi connectivity index (χ3n) is 4.09. The van der Waals surface area contributed by atoms with E-state index in [0.717, 1.165) is 33.4 Å². The lowest BCUT2D eigenvalue weighted by Crippen LogP contribution is -2.15. The number of fused-ring (bicyclic) bond motifs is 2. The first-order valence-electron chi connectivity index (χ1n) is 8.16. The van der Waals surface area contributed by atoms with Gasteiger partial charge < -0.3 is 5.32 Å². The van der Waals surface area contributed by atoms with E-state index in [-0.39, 0.29) is 0 Å². The molecule has 0 aliphatic rings. The van der Waals surface area contributed by atoms with Crippen molar-refractivity contribution in [3.8, 4) is 11.1 Å². The van der Waals surface area contributed by atoms with Crippen LogP contribution in [-0.2, 0) is 6.42 Å². The van der Waals surface area contributed by atoms with Crippen LogP contribution in [0.25, 0.3) is 27.7 Å². The first-order chi connectivity index (χ1) is 12.4. The summed E-state index contributed by atoms with van der Waals surface area (Å²) in [5.74, 6) is 0.560. The summed E-state index contributed by atoms with van der Waals surface area (Å²) in [5.41, 5.74) is 5.64. The Bertz CT molecular complexity index is 1100. The smallest absolute Gasteiger partial charge is 0.241 e. The van der Waals surface area contributed by atoms with E-state index in [0.29, 0.717) is 12.4 Å². The molecule has 1 N–H and O–H groups in total. The van der Waals surface area contributed by atoms with Gasteiger partial charge in [-0.3, -0.25) is 9.97 Å². The highest BCUT2D eigenvalue weighted by atomic mass is 32.2. The molecule has 0 bridgehead atoms. The molecule has 3 aromatic heterocycles. The maximum atomic E-state index is 4.66. The highest BCUT2D eigenvalue weighted by molar-refractivity contribution is 8.00. The van der Waals surface area contributed by atoms with Gasteiger partial charge in [-0.1, -0.05) is 6.07 Å². The molecule has 6 nitrogen and oxygen atoms in total. The standard InChI is InChI=1S/C18H18N6S2/c1-18(25,26)10-15-16-12(5-8-24(16)23-17(19-2)22-15)11-3-4-13-14(9-11)21-7-6-20-13/h3-9,25-26H,10H2,1-2H3,(H,19,23). The van der Waals surface area contributed by atoms with Crippen LogP contribution in [0.1, 0.15) is 12.6 Å². The molecule has 0 spiro atoms. The summed E-state index contributed by atoms with van der Waals surface area (Å²) in [4.78, 5) is 13.4. The van der Waals surface area contributed by atoms with Crippen LogP contribution in [0.2, 0.25) is 0 Å². The van der Waals surface area contributed by atoms with Crippen molar-refractivity contribution in [3.05, 3.63) is 48.5 Å². The van der Waals surface area contributed by atoms with E-state index in [1.54, 1.807) is 19.4 Å². The third-order valence-corrected chi connectivity index (χ3v) is 4.41. The minimum absolute atomic E-state index is 0.490. The van der Waals surface area contributed by atoms with Gasteiger partial charge in [-0.15, -0.1) is 5.10 Å². The SMILES string of the molecule is CNc1nc(CC(C)(S)S)c2c(-c3ccc4nccnc4c3)ccn2n1. The maximum Gasteiger partial charge on any atom is 0.241 e. The van der Waals surface area contributed by atoms with Crippen LogP contribution in [0.15, 0.2) is 42.9 Å². The Balaban J connectivity index is 1.94. The zero-order valence-corrected chi connectivity index (χ0v) is 16.2. The number of rotatable bonds is 4. The molecule has 4 aromatic rings. The summed E-state index contributed by atoms with van der Waals surface area (Å²) in [6, 6.07) is 8.10. The molecule has 0 fully saturated rings. The Hall–Kier alpha value is -2.32. The van der Waals surface area contributed by atoms with Crippen molar-refractivity contribution in [2.75, 3.05) is 12.4 Å². The lowest BCUT2D eigenvalue weighted by Gasteiger charge is -2.17. The van der Waals surface area contributed by atoms with Crippen LogP contribution >= 0.6 is 25.3 Å². The molecular formula is C18H18N6S2. The summed E-state index contributed by atoms with van der Waals surface area (Å²) in [7, 11) is 1.80. The van der Waals surface area contributed by atoms with Crippen LogP contribution in [0.4, 0.5) is 5.95 Å². The Labute approximate surface area is 161 Å². The van der Waals surface area contributed by atoms with Crippen LogP contribution in [-0.4, -0.2) is 35.7 Å². The fourth-order valence-electron chi connectivity index (χ4n) is 3.01. The van der Waals surface area contributed by atoms with Gasteiger partial charge in [0.25, 0.3) is 0 Å². The van der Waals surface area contributed by atoms with Crippen LogP contribution < -0.4 is 5.32 Å². The van der Waals surface area contributed by atoms with Crippen molar-refractivity contribution in [1.29, 1.82) is 0 Å². The number of anilines is 1. The fraction of sp³-hybridized carbons (Fsp3) is 0.222. The number of benzene rings is 1. The molecule has 0 saturated carbocycles. The van der Waals surface area contributed by atoms with E-state index in [9.17, 15) is 0 Å². The minimum atomic E-state index is -0.490. The Morgan fingerprint density at radius 1 is 1.12 bits per heavy atom. The summed E-state index contributed by atoms with van der Waals surface area (Å²) in [5, 5.41) is 7.52. The quantitative estimate of drug-likeness (QED) is 0.372. The normalized spacial score (nSPS) is 12.0. The molecule has 26 heavy (non-hydrogen) atoms. The maximum absolute atomic E-state index is 4.66. The first-order valence-corrected chi connectivity index (χ1v) is 9.06. The lowest BCUT2D eigenvalue weighted by atomic mass is 10.0. The first kappa shape index (κ1) is 17.1. The van der Waals surface area contributed by atoms with E-state index in [4.69, 9.17) is 0 Å². The molecule has 3 heterocycles. The van der Waals surface area contributed by atoms with Crippen LogP contribution in [0.3, 0.4) is 0 Å². The predicted molar refractivity (Wildman–Crippen MR) is 111 cm³/mol. The number of aromatic nitrogens is 5. The molecule has 132 valence electrons. The second kappa shape index (κ2) is 6.44. The van der Waals surface area contributed by atoms with E-state index in [1.807, 2.05) is 41.9 Å². The molecule has 0 saturated heterocycles. The number of thiol groups is 2. The molecular weight excluding hydrogens is 364 g/mol. The van der Waals surface area contributed by atoms with Gasteiger partial charge in [0.15, 0.2) is 0 Å². The Morgan fingerprint density at radius 3 is 2.62 bits per heavy atom. The molecule has 8 heteroatoms.